The number of nitrogens with two attached hydrogens (primary N) is 1. The van der Waals surface area contributed by atoms with Gasteiger partial charge in [-0.15, -0.1) is 0 Å². The van der Waals surface area contributed by atoms with Crippen LogP contribution in [0.5, 0.6) is 0 Å². The number of hydrogen-bond donors (Lipinski definition) is 5. The Kier molecular flexibility index (Phi) is 9.81. The van der Waals surface area contributed by atoms with Crippen LogP contribution in [-0.4, -0.2) is 52.1 Å². The van der Waals surface area contributed by atoms with Gasteiger partial charge in [-0.25, -0.2) is 4.79 Å². The molecular formula is C20H29N3O6. The second-order valence-electron chi connectivity index (χ2n) is 7.32. The van der Waals surface area contributed by atoms with E-state index in [0.717, 1.165) is 5.56 Å². The molecule has 9 heteroatoms. The minimum absolute atomic E-state index is 0.0405. The van der Waals surface area contributed by atoms with Crippen molar-refractivity contribution in [3.8, 4) is 0 Å². The van der Waals surface area contributed by atoms with E-state index in [-0.39, 0.29) is 18.8 Å². The van der Waals surface area contributed by atoms with Gasteiger partial charge in [0.05, 0.1) is 6.04 Å². The van der Waals surface area contributed by atoms with Crippen molar-refractivity contribution < 1.29 is 29.4 Å². The first-order chi connectivity index (χ1) is 13.6. The molecule has 1 rings (SSSR count). The molecule has 2 amide bonds. The largest absolute Gasteiger partial charge is 0.481 e. The van der Waals surface area contributed by atoms with Gasteiger partial charge in [0, 0.05) is 6.42 Å². The third kappa shape index (κ3) is 9.20. The molecule has 1 aromatic carbocycles. The molecule has 3 atom stereocenters. The number of carbonyl (C=O) groups excluding carboxylic acids is 2. The second-order valence-corrected chi connectivity index (χ2v) is 7.32. The molecule has 0 saturated carbocycles. The van der Waals surface area contributed by atoms with Crippen LogP contribution >= 0.6 is 0 Å². The smallest absolute Gasteiger partial charge is 0.326 e. The van der Waals surface area contributed by atoms with Crippen molar-refractivity contribution in [3.63, 3.8) is 0 Å². The highest BCUT2D eigenvalue weighted by Gasteiger charge is 2.28. The van der Waals surface area contributed by atoms with Gasteiger partial charge >= 0.3 is 11.9 Å². The number of carboxylic acids is 2. The minimum Gasteiger partial charge on any atom is -0.481 e. The third-order valence-electron chi connectivity index (χ3n) is 4.24. The van der Waals surface area contributed by atoms with Gasteiger partial charge in [0.1, 0.15) is 12.1 Å². The summed E-state index contributed by atoms with van der Waals surface area (Å²) in [7, 11) is 0. The molecule has 0 aliphatic heterocycles. The van der Waals surface area contributed by atoms with Crippen LogP contribution in [-0.2, 0) is 25.6 Å². The predicted octanol–water partition coefficient (Wildman–Crippen LogP) is 0.522. The number of nitrogens with one attached hydrogen (secondary N) is 2. The van der Waals surface area contributed by atoms with Crippen LogP contribution in [0, 0.1) is 5.92 Å². The Balaban J connectivity index is 2.78. The lowest BCUT2D eigenvalue weighted by atomic mass is 10.0. The van der Waals surface area contributed by atoms with Crippen LogP contribution in [0.15, 0.2) is 30.3 Å². The van der Waals surface area contributed by atoms with E-state index in [1.165, 1.54) is 0 Å². The average Bonchev–Trinajstić information content (AvgIpc) is 2.64. The number of benzene rings is 1. The molecule has 0 aliphatic rings. The molecule has 6 N–H and O–H groups in total. The maximum absolute atomic E-state index is 12.6. The van der Waals surface area contributed by atoms with E-state index in [2.05, 4.69) is 10.6 Å². The predicted molar refractivity (Wildman–Crippen MR) is 106 cm³/mol. The van der Waals surface area contributed by atoms with Gasteiger partial charge in [0.25, 0.3) is 0 Å². The zero-order valence-electron chi connectivity index (χ0n) is 16.6. The summed E-state index contributed by atoms with van der Waals surface area (Å²) in [6.07, 6.45) is -0.0906. The fourth-order valence-electron chi connectivity index (χ4n) is 2.74. The van der Waals surface area contributed by atoms with Crippen molar-refractivity contribution in [2.45, 2.75) is 57.7 Å². The standard InChI is InChI=1S/C20H29N3O6/c1-12(2)10-16(19(27)22-15(20(28)29)8-9-17(24)25)23-18(26)14(21)11-13-6-4-3-5-7-13/h3-7,12,14-16H,8-11,21H2,1-2H3,(H,22,27)(H,23,26)(H,24,25)(H,28,29)/t14-,15-,16-/m0/s1. The lowest BCUT2D eigenvalue weighted by molar-refractivity contribution is -0.143. The zero-order chi connectivity index (χ0) is 22.0. The minimum atomic E-state index is -1.36. The van der Waals surface area contributed by atoms with Gasteiger partial charge in [0.2, 0.25) is 11.8 Å². The van der Waals surface area contributed by atoms with Gasteiger partial charge in [0.15, 0.2) is 0 Å². The summed E-state index contributed by atoms with van der Waals surface area (Å²) < 4.78 is 0. The molecule has 0 bridgehead atoms. The van der Waals surface area contributed by atoms with Gasteiger partial charge in [-0.05, 0) is 30.7 Å². The molecule has 0 spiro atoms. The van der Waals surface area contributed by atoms with E-state index >= 15 is 0 Å². The Bertz CT molecular complexity index is 707. The second kappa shape index (κ2) is 11.8. The van der Waals surface area contributed by atoms with E-state index in [4.69, 9.17) is 10.8 Å². The normalized spacial score (nSPS) is 13.9. The van der Waals surface area contributed by atoms with Crippen molar-refractivity contribution in [3.05, 3.63) is 35.9 Å². The quantitative estimate of drug-likeness (QED) is 0.338. The average molecular weight is 407 g/mol. The number of hydrogen-bond acceptors (Lipinski definition) is 5. The van der Waals surface area contributed by atoms with Gasteiger partial charge in [-0.3, -0.25) is 14.4 Å². The van der Waals surface area contributed by atoms with E-state index in [9.17, 15) is 24.3 Å². The maximum Gasteiger partial charge on any atom is 0.326 e. The first-order valence-corrected chi connectivity index (χ1v) is 9.45. The number of rotatable bonds is 12. The van der Waals surface area contributed by atoms with Crippen LogP contribution in [0.1, 0.15) is 38.7 Å². The van der Waals surface area contributed by atoms with Crippen molar-refractivity contribution in [2.24, 2.45) is 11.7 Å². The topological polar surface area (TPSA) is 159 Å². The lowest BCUT2D eigenvalue weighted by Gasteiger charge is -2.24. The Morgan fingerprint density at radius 3 is 2.07 bits per heavy atom. The molecule has 0 aliphatic carbocycles. The summed E-state index contributed by atoms with van der Waals surface area (Å²) >= 11 is 0. The molecule has 1 aromatic rings. The Labute approximate surface area is 169 Å². The van der Waals surface area contributed by atoms with E-state index in [1.807, 2.05) is 44.2 Å². The molecular weight excluding hydrogens is 378 g/mol. The molecule has 0 aromatic heterocycles. The molecule has 0 heterocycles. The summed E-state index contributed by atoms with van der Waals surface area (Å²) in [5, 5.41) is 22.9. The highest BCUT2D eigenvalue weighted by Crippen LogP contribution is 2.08. The highest BCUT2D eigenvalue weighted by atomic mass is 16.4. The van der Waals surface area contributed by atoms with E-state index in [0.29, 0.717) is 6.42 Å². The summed E-state index contributed by atoms with van der Waals surface area (Å²) in [5.74, 6) is -3.66. The van der Waals surface area contributed by atoms with E-state index in [1.54, 1.807) is 0 Å². The van der Waals surface area contributed by atoms with Crippen LogP contribution in [0.2, 0.25) is 0 Å². The van der Waals surface area contributed by atoms with Gasteiger partial charge in [-0.1, -0.05) is 44.2 Å². The fourth-order valence-corrected chi connectivity index (χ4v) is 2.74. The number of carboxylic acid groups (broad SMARTS) is 2. The Hall–Kier alpha value is -2.94. The summed E-state index contributed by atoms with van der Waals surface area (Å²) in [5.41, 5.74) is 6.83. The molecule has 0 saturated heterocycles. The Morgan fingerprint density at radius 1 is 0.966 bits per heavy atom. The van der Waals surface area contributed by atoms with Crippen molar-refractivity contribution in [1.29, 1.82) is 0 Å². The van der Waals surface area contributed by atoms with Crippen LogP contribution in [0.4, 0.5) is 0 Å². The molecule has 0 fully saturated rings. The summed E-state index contributed by atoms with van der Waals surface area (Å²) in [6.45, 7) is 3.71. The SMILES string of the molecule is CC(C)C[C@H](NC(=O)[C@@H](N)Cc1ccccc1)C(=O)N[C@@H](CCC(=O)O)C(=O)O. The zero-order valence-corrected chi connectivity index (χ0v) is 16.6. The van der Waals surface area contributed by atoms with Gasteiger partial charge < -0.3 is 26.6 Å². The van der Waals surface area contributed by atoms with Crippen molar-refractivity contribution in [2.75, 3.05) is 0 Å². The lowest BCUT2D eigenvalue weighted by Crippen LogP contribution is -2.55. The number of amides is 2. The summed E-state index contributed by atoms with van der Waals surface area (Å²) in [6, 6.07) is 5.98. The number of aliphatic carboxylic acids is 2. The molecule has 0 unspecified atom stereocenters. The molecule has 9 nitrogen and oxygen atoms in total. The third-order valence-corrected chi connectivity index (χ3v) is 4.24. The fraction of sp³-hybridized carbons (Fsp3) is 0.500. The highest BCUT2D eigenvalue weighted by molar-refractivity contribution is 5.92. The van der Waals surface area contributed by atoms with Gasteiger partial charge in [-0.2, -0.15) is 0 Å². The van der Waals surface area contributed by atoms with Crippen molar-refractivity contribution >= 4 is 23.8 Å². The Morgan fingerprint density at radius 2 is 1.55 bits per heavy atom. The maximum atomic E-state index is 12.6. The molecule has 29 heavy (non-hydrogen) atoms. The molecule has 0 radical (unpaired) electrons. The monoisotopic (exact) mass is 407 g/mol. The number of carbonyl (C=O) groups is 4. The van der Waals surface area contributed by atoms with Crippen LogP contribution < -0.4 is 16.4 Å². The summed E-state index contributed by atoms with van der Waals surface area (Å²) in [4.78, 5) is 47.0. The first-order valence-electron chi connectivity index (χ1n) is 9.45. The first kappa shape index (κ1) is 24.1. The van der Waals surface area contributed by atoms with Crippen LogP contribution in [0.3, 0.4) is 0 Å². The molecule has 160 valence electrons. The van der Waals surface area contributed by atoms with Crippen LogP contribution in [0.25, 0.3) is 0 Å². The van der Waals surface area contributed by atoms with E-state index < -0.39 is 48.3 Å². The van der Waals surface area contributed by atoms with Crippen molar-refractivity contribution in [1.82, 2.24) is 10.6 Å².